The van der Waals surface area contributed by atoms with Crippen LogP contribution in [0.4, 0.5) is 0 Å². The number of nitrogens with one attached hydrogen (secondary N) is 1. The van der Waals surface area contributed by atoms with Crippen molar-refractivity contribution >= 4 is 17.2 Å². The molecular formula is C15H19NO2S. The lowest BCUT2D eigenvalue weighted by molar-refractivity contribution is 0.0948. The van der Waals surface area contributed by atoms with Crippen molar-refractivity contribution in [1.82, 2.24) is 5.32 Å². The summed E-state index contributed by atoms with van der Waals surface area (Å²) in [7, 11) is 0. The summed E-state index contributed by atoms with van der Waals surface area (Å²) in [5.41, 5.74) is 0.705. The van der Waals surface area contributed by atoms with Gasteiger partial charge in [0.25, 0.3) is 5.91 Å². The van der Waals surface area contributed by atoms with Gasteiger partial charge in [-0.05, 0) is 29.7 Å². The molecule has 1 aromatic rings. The molecule has 2 N–H and O–H groups in total. The molecule has 1 aromatic heterocycles. The zero-order valence-corrected chi connectivity index (χ0v) is 11.9. The minimum atomic E-state index is -0.184. The van der Waals surface area contributed by atoms with E-state index in [1.807, 2.05) is 11.4 Å². The Morgan fingerprint density at radius 1 is 1.58 bits per heavy atom. The van der Waals surface area contributed by atoms with Crippen molar-refractivity contribution in [1.29, 1.82) is 0 Å². The molecule has 0 aromatic carbocycles. The van der Waals surface area contributed by atoms with Crippen LogP contribution in [-0.2, 0) is 0 Å². The highest BCUT2D eigenvalue weighted by molar-refractivity contribution is 7.12. The fourth-order valence-corrected chi connectivity index (χ4v) is 3.31. The van der Waals surface area contributed by atoms with Crippen molar-refractivity contribution in [2.45, 2.75) is 26.2 Å². The fourth-order valence-electron chi connectivity index (χ4n) is 2.55. The molecule has 2 rings (SSSR count). The first-order chi connectivity index (χ1) is 9.22. The van der Waals surface area contributed by atoms with Gasteiger partial charge in [0.05, 0.1) is 0 Å². The second kappa shape index (κ2) is 6.74. The first-order valence-corrected chi connectivity index (χ1v) is 7.55. The quantitative estimate of drug-likeness (QED) is 0.833. The van der Waals surface area contributed by atoms with Crippen molar-refractivity contribution < 1.29 is 9.90 Å². The van der Waals surface area contributed by atoms with Crippen molar-refractivity contribution in [2.24, 2.45) is 11.8 Å². The maximum absolute atomic E-state index is 12.1. The van der Waals surface area contributed by atoms with Gasteiger partial charge >= 0.3 is 0 Å². The Labute approximate surface area is 118 Å². The van der Waals surface area contributed by atoms with Gasteiger partial charge in [-0.3, -0.25) is 4.79 Å². The molecule has 0 saturated heterocycles. The number of aliphatic hydroxyl groups excluding tert-OH is 1. The van der Waals surface area contributed by atoms with E-state index < -0.39 is 0 Å². The third kappa shape index (κ3) is 3.59. The van der Waals surface area contributed by atoms with Gasteiger partial charge in [0.15, 0.2) is 0 Å². The monoisotopic (exact) mass is 277 g/mol. The number of carbonyl (C=O) groups excluding carboxylic acids is 1. The summed E-state index contributed by atoms with van der Waals surface area (Å²) < 4.78 is 0. The summed E-state index contributed by atoms with van der Waals surface area (Å²) in [6.07, 6.45) is 3.75. The second-order valence-corrected chi connectivity index (χ2v) is 5.92. The van der Waals surface area contributed by atoms with Crippen LogP contribution in [-0.4, -0.2) is 24.2 Å². The van der Waals surface area contributed by atoms with Crippen LogP contribution >= 0.6 is 11.3 Å². The lowest BCUT2D eigenvalue weighted by atomic mass is 9.98. The van der Waals surface area contributed by atoms with Gasteiger partial charge in [0.2, 0.25) is 0 Å². The van der Waals surface area contributed by atoms with E-state index in [2.05, 4.69) is 24.1 Å². The SMILES string of the molecule is CC1CCCC1CNC(=O)c1sccc1C#CCO. The van der Waals surface area contributed by atoms with E-state index in [1.165, 1.54) is 30.6 Å². The molecule has 2 atom stereocenters. The van der Waals surface area contributed by atoms with Crippen LogP contribution in [0.2, 0.25) is 0 Å². The van der Waals surface area contributed by atoms with Crippen molar-refractivity contribution in [3.8, 4) is 11.8 Å². The normalized spacial score (nSPS) is 21.8. The molecule has 102 valence electrons. The number of thiophene rings is 1. The van der Waals surface area contributed by atoms with E-state index >= 15 is 0 Å². The van der Waals surface area contributed by atoms with Gasteiger partial charge in [0.1, 0.15) is 11.5 Å². The number of rotatable bonds is 3. The lowest BCUT2D eigenvalue weighted by Gasteiger charge is -2.15. The van der Waals surface area contributed by atoms with Crippen molar-refractivity contribution in [2.75, 3.05) is 13.2 Å². The molecule has 1 fully saturated rings. The predicted octanol–water partition coefficient (Wildman–Crippen LogP) is 2.26. The summed E-state index contributed by atoms with van der Waals surface area (Å²) in [5, 5.41) is 13.6. The van der Waals surface area contributed by atoms with Gasteiger partial charge in [-0.25, -0.2) is 0 Å². The molecule has 3 nitrogen and oxygen atoms in total. The highest BCUT2D eigenvalue weighted by Gasteiger charge is 2.24. The maximum Gasteiger partial charge on any atom is 0.262 e. The zero-order valence-electron chi connectivity index (χ0n) is 11.1. The number of amides is 1. The maximum atomic E-state index is 12.1. The highest BCUT2D eigenvalue weighted by atomic mass is 32.1. The van der Waals surface area contributed by atoms with Crippen molar-refractivity contribution in [3.63, 3.8) is 0 Å². The Balaban J connectivity index is 1.94. The summed E-state index contributed by atoms with van der Waals surface area (Å²) in [5.74, 6) is 6.66. The number of aliphatic hydroxyl groups is 1. The van der Waals surface area contributed by atoms with Gasteiger partial charge in [-0.15, -0.1) is 11.3 Å². The first-order valence-electron chi connectivity index (χ1n) is 6.67. The van der Waals surface area contributed by atoms with Gasteiger partial charge < -0.3 is 10.4 Å². The average Bonchev–Trinajstić information content (AvgIpc) is 3.02. The molecule has 1 heterocycles. The highest BCUT2D eigenvalue weighted by Crippen LogP contribution is 2.30. The van der Waals surface area contributed by atoms with Crippen LogP contribution in [0.5, 0.6) is 0 Å². The predicted molar refractivity (Wildman–Crippen MR) is 77.1 cm³/mol. The summed E-state index contributed by atoms with van der Waals surface area (Å²) in [4.78, 5) is 12.8. The number of hydrogen-bond acceptors (Lipinski definition) is 3. The standard InChI is InChI=1S/C15H19NO2S/c1-11-4-2-5-13(11)10-16-15(18)14-12(6-3-8-17)7-9-19-14/h7,9,11,13,17H,2,4-5,8,10H2,1H3,(H,16,18). The van der Waals surface area contributed by atoms with E-state index in [1.54, 1.807) is 0 Å². The molecular weight excluding hydrogens is 258 g/mol. The van der Waals surface area contributed by atoms with Crippen LogP contribution in [0.3, 0.4) is 0 Å². The smallest absolute Gasteiger partial charge is 0.262 e. The van der Waals surface area contributed by atoms with Gasteiger partial charge in [-0.1, -0.05) is 31.6 Å². The van der Waals surface area contributed by atoms with Gasteiger partial charge in [0, 0.05) is 12.1 Å². The Kier molecular flexibility index (Phi) is 5.00. The molecule has 0 bridgehead atoms. The number of hydrogen-bond donors (Lipinski definition) is 2. The Bertz CT molecular complexity index is 498. The molecule has 1 aliphatic carbocycles. The second-order valence-electron chi connectivity index (χ2n) is 5.00. The summed E-state index contributed by atoms with van der Waals surface area (Å²) in [6, 6.07) is 1.82. The Hall–Kier alpha value is -1.31. The molecule has 0 spiro atoms. The third-order valence-corrected chi connectivity index (χ3v) is 4.65. The van der Waals surface area contributed by atoms with E-state index in [-0.39, 0.29) is 12.5 Å². The molecule has 0 radical (unpaired) electrons. The van der Waals surface area contributed by atoms with Crippen molar-refractivity contribution in [3.05, 3.63) is 21.9 Å². The molecule has 19 heavy (non-hydrogen) atoms. The average molecular weight is 277 g/mol. The molecule has 1 saturated carbocycles. The Morgan fingerprint density at radius 3 is 3.11 bits per heavy atom. The van der Waals surface area contributed by atoms with Gasteiger partial charge in [-0.2, -0.15) is 0 Å². The molecule has 2 unspecified atom stereocenters. The minimum absolute atomic E-state index is 0.0451. The van der Waals surface area contributed by atoms with Crippen LogP contribution in [0, 0.1) is 23.7 Å². The first kappa shape index (κ1) is 14.1. The number of carbonyl (C=O) groups is 1. The summed E-state index contributed by atoms with van der Waals surface area (Å²) in [6.45, 7) is 2.83. The largest absolute Gasteiger partial charge is 0.384 e. The van der Waals surface area contributed by atoms with E-state index in [0.717, 1.165) is 6.54 Å². The van der Waals surface area contributed by atoms with E-state index in [4.69, 9.17) is 5.11 Å². The van der Waals surface area contributed by atoms with Crippen LogP contribution in [0.25, 0.3) is 0 Å². The molecule has 4 heteroatoms. The Morgan fingerprint density at radius 2 is 2.42 bits per heavy atom. The molecule has 0 aliphatic heterocycles. The zero-order chi connectivity index (χ0) is 13.7. The minimum Gasteiger partial charge on any atom is -0.384 e. The molecule has 1 amide bonds. The van der Waals surface area contributed by atoms with Crippen LogP contribution < -0.4 is 5.32 Å². The summed E-state index contributed by atoms with van der Waals surface area (Å²) >= 11 is 1.40. The van der Waals surface area contributed by atoms with E-state index in [0.29, 0.717) is 22.3 Å². The fraction of sp³-hybridized carbons (Fsp3) is 0.533. The molecule has 1 aliphatic rings. The van der Waals surface area contributed by atoms with Crippen LogP contribution in [0.15, 0.2) is 11.4 Å². The van der Waals surface area contributed by atoms with Crippen LogP contribution in [0.1, 0.15) is 41.4 Å². The topological polar surface area (TPSA) is 49.3 Å². The third-order valence-electron chi connectivity index (χ3n) is 3.74. The lowest BCUT2D eigenvalue weighted by Crippen LogP contribution is -2.30. The van der Waals surface area contributed by atoms with E-state index in [9.17, 15) is 4.79 Å².